The Morgan fingerprint density at radius 1 is 1.48 bits per heavy atom. The number of non-ortho nitro benzene ring substituents is 1. The summed E-state index contributed by atoms with van der Waals surface area (Å²) in [6.45, 7) is 3.81. The highest BCUT2D eigenvalue weighted by Crippen LogP contribution is 2.24. The largest absolute Gasteiger partial charge is 0.397 e. The van der Waals surface area contributed by atoms with Gasteiger partial charge in [0.15, 0.2) is 0 Å². The van der Waals surface area contributed by atoms with Crippen molar-refractivity contribution in [1.29, 1.82) is 0 Å². The van der Waals surface area contributed by atoms with Gasteiger partial charge in [-0.1, -0.05) is 6.92 Å². The van der Waals surface area contributed by atoms with Crippen LogP contribution < -0.4 is 10.5 Å². The fourth-order valence-electron chi connectivity index (χ4n) is 1.69. The Balaban J connectivity index is 2.85. The second kappa shape index (κ2) is 7.62. The summed E-state index contributed by atoms with van der Waals surface area (Å²) in [7, 11) is -3.78. The summed E-state index contributed by atoms with van der Waals surface area (Å²) in [5.74, 6) is 1.84. The number of rotatable bonds is 8. The number of nitrogens with one attached hydrogen (secondary N) is 1. The molecule has 1 atom stereocenters. The maximum absolute atomic E-state index is 12.2. The monoisotopic (exact) mass is 333 g/mol. The number of hydrogen-bond acceptors (Lipinski definition) is 6. The Morgan fingerprint density at radius 3 is 2.67 bits per heavy atom. The second-order valence-corrected chi connectivity index (χ2v) is 7.56. The fraction of sp³-hybridized carbons (Fsp3) is 0.500. The fourth-order valence-corrected chi connectivity index (χ4v) is 3.89. The molecule has 0 bridgehead atoms. The second-order valence-electron chi connectivity index (χ2n) is 4.49. The summed E-state index contributed by atoms with van der Waals surface area (Å²) in [5, 5.41) is 10.6. The zero-order valence-electron chi connectivity index (χ0n) is 11.9. The Hall–Kier alpha value is -1.32. The molecule has 1 rings (SSSR count). The van der Waals surface area contributed by atoms with Crippen molar-refractivity contribution < 1.29 is 13.3 Å². The number of nitro groups is 1. The van der Waals surface area contributed by atoms with Crippen LogP contribution in [0.1, 0.15) is 20.3 Å². The predicted molar refractivity (Wildman–Crippen MR) is 84.9 cm³/mol. The Bertz CT molecular complexity index is 605. The predicted octanol–water partition coefficient (Wildman–Crippen LogP) is 1.99. The van der Waals surface area contributed by atoms with E-state index >= 15 is 0 Å². The van der Waals surface area contributed by atoms with E-state index in [9.17, 15) is 18.5 Å². The van der Waals surface area contributed by atoms with Crippen molar-refractivity contribution in [3.63, 3.8) is 0 Å². The van der Waals surface area contributed by atoms with Gasteiger partial charge >= 0.3 is 0 Å². The molecule has 0 amide bonds. The van der Waals surface area contributed by atoms with E-state index in [2.05, 4.69) is 4.72 Å². The summed E-state index contributed by atoms with van der Waals surface area (Å²) >= 11 is 1.73. The van der Waals surface area contributed by atoms with Gasteiger partial charge in [0.05, 0.1) is 10.6 Å². The van der Waals surface area contributed by atoms with Crippen LogP contribution in [0.5, 0.6) is 0 Å². The number of nitrogens with zero attached hydrogens (tertiary/aromatic N) is 1. The summed E-state index contributed by atoms with van der Waals surface area (Å²) in [6, 6.07) is 3.10. The van der Waals surface area contributed by atoms with Gasteiger partial charge < -0.3 is 5.73 Å². The molecule has 1 aromatic rings. The van der Waals surface area contributed by atoms with E-state index in [-0.39, 0.29) is 22.3 Å². The summed E-state index contributed by atoms with van der Waals surface area (Å²) in [4.78, 5) is 9.86. The molecule has 0 radical (unpaired) electrons. The highest BCUT2D eigenvalue weighted by molar-refractivity contribution is 7.99. The van der Waals surface area contributed by atoms with Gasteiger partial charge in [0.2, 0.25) is 10.0 Å². The van der Waals surface area contributed by atoms with Crippen LogP contribution in [0.3, 0.4) is 0 Å². The van der Waals surface area contributed by atoms with Gasteiger partial charge in [0.1, 0.15) is 4.90 Å². The van der Waals surface area contributed by atoms with Crippen molar-refractivity contribution in [2.75, 3.05) is 17.2 Å². The number of nitrogen functional groups attached to an aromatic ring is 1. The molecule has 118 valence electrons. The highest BCUT2D eigenvalue weighted by atomic mass is 32.2. The third kappa shape index (κ3) is 5.18. The van der Waals surface area contributed by atoms with E-state index in [1.165, 1.54) is 0 Å². The van der Waals surface area contributed by atoms with E-state index in [0.29, 0.717) is 6.42 Å². The molecule has 0 aliphatic rings. The number of nitrogens with two attached hydrogens (primary N) is 1. The molecule has 0 saturated carbocycles. The highest BCUT2D eigenvalue weighted by Gasteiger charge is 2.21. The topological polar surface area (TPSA) is 115 Å². The first-order valence-corrected chi connectivity index (χ1v) is 9.05. The van der Waals surface area contributed by atoms with Gasteiger partial charge in [-0.2, -0.15) is 11.8 Å². The van der Waals surface area contributed by atoms with E-state index in [0.717, 1.165) is 29.7 Å². The Kier molecular flexibility index (Phi) is 6.43. The minimum absolute atomic E-state index is 0.133. The maximum Gasteiger partial charge on any atom is 0.271 e. The lowest BCUT2D eigenvalue weighted by atomic mass is 10.3. The first-order chi connectivity index (χ1) is 9.77. The number of benzene rings is 1. The lowest BCUT2D eigenvalue weighted by Gasteiger charge is -2.15. The molecule has 0 spiro atoms. The Morgan fingerprint density at radius 2 is 2.14 bits per heavy atom. The quantitative estimate of drug-likeness (QED) is 0.325. The van der Waals surface area contributed by atoms with Gasteiger partial charge in [-0.15, -0.1) is 0 Å². The van der Waals surface area contributed by atoms with E-state index in [1.807, 2.05) is 6.92 Å². The minimum Gasteiger partial charge on any atom is -0.397 e. The molecule has 0 fully saturated rings. The average Bonchev–Trinajstić information content (AvgIpc) is 2.37. The van der Waals surface area contributed by atoms with Crippen molar-refractivity contribution in [3.05, 3.63) is 28.3 Å². The van der Waals surface area contributed by atoms with Crippen molar-refractivity contribution in [3.8, 4) is 0 Å². The molecule has 0 heterocycles. The molecule has 0 aliphatic carbocycles. The van der Waals surface area contributed by atoms with Crippen LogP contribution in [-0.2, 0) is 10.0 Å². The molecule has 1 aromatic carbocycles. The van der Waals surface area contributed by atoms with Crippen molar-refractivity contribution in [2.45, 2.75) is 31.2 Å². The minimum atomic E-state index is -3.78. The van der Waals surface area contributed by atoms with Crippen molar-refractivity contribution in [1.82, 2.24) is 4.72 Å². The van der Waals surface area contributed by atoms with Crippen molar-refractivity contribution in [2.24, 2.45) is 0 Å². The van der Waals surface area contributed by atoms with Crippen LogP contribution in [0.2, 0.25) is 0 Å². The number of anilines is 1. The van der Waals surface area contributed by atoms with Crippen LogP contribution in [0.15, 0.2) is 23.1 Å². The summed E-state index contributed by atoms with van der Waals surface area (Å²) in [6.07, 6.45) is 0.699. The first-order valence-electron chi connectivity index (χ1n) is 6.42. The molecule has 0 saturated heterocycles. The molecule has 1 unspecified atom stereocenters. The van der Waals surface area contributed by atoms with Crippen molar-refractivity contribution >= 4 is 33.2 Å². The first kappa shape index (κ1) is 17.7. The molecule has 0 aliphatic heterocycles. The molecule has 3 N–H and O–H groups in total. The summed E-state index contributed by atoms with van der Waals surface area (Å²) < 4.78 is 26.9. The standard InChI is InChI=1S/C12H19N3O4S2/c1-3-20-7-6-9(2)14-21(18,19)12-5-4-10(15(16)17)8-11(12)13/h4-5,8-9,14H,3,6-7,13H2,1-2H3. The van der Waals surface area contributed by atoms with Crippen LogP contribution in [0.25, 0.3) is 0 Å². The van der Waals surface area contributed by atoms with E-state index < -0.39 is 14.9 Å². The summed E-state index contributed by atoms with van der Waals surface area (Å²) in [5.41, 5.74) is 5.25. The van der Waals surface area contributed by atoms with Gasteiger partial charge in [-0.05, 0) is 30.9 Å². The van der Waals surface area contributed by atoms with E-state index in [4.69, 9.17) is 5.73 Å². The SMILES string of the molecule is CCSCCC(C)NS(=O)(=O)c1ccc([N+](=O)[O-])cc1N. The van der Waals surface area contributed by atoms with Gasteiger partial charge in [0, 0.05) is 18.2 Å². The van der Waals surface area contributed by atoms with Gasteiger partial charge in [-0.3, -0.25) is 10.1 Å². The molecular weight excluding hydrogens is 314 g/mol. The smallest absolute Gasteiger partial charge is 0.271 e. The van der Waals surface area contributed by atoms with Gasteiger partial charge in [0.25, 0.3) is 5.69 Å². The number of hydrogen-bond donors (Lipinski definition) is 2. The van der Waals surface area contributed by atoms with Gasteiger partial charge in [-0.25, -0.2) is 13.1 Å². The third-order valence-electron chi connectivity index (χ3n) is 2.75. The molecule has 21 heavy (non-hydrogen) atoms. The van der Waals surface area contributed by atoms with E-state index in [1.54, 1.807) is 18.7 Å². The van der Waals surface area contributed by atoms with Crippen LogP contribution in [0.4, 0.5) is 11.4 Å². The molecular formula is C12H19N3O4S2. The number of thioether (sulfide) groups is 1. The Labute approximate surface area is 128 Å². The normalized spacial score (nSPS) is 13.0. The lowest BCUT2D eigenvalue weighted by Crippen LogP contribution is -2.33. The zero-order chi connectivity index (χ0) is 16.0. The van der Waals surface area contributed by atoms with Crippen LogP contribution >= 0.6 is 11.8 Å². The third-order valence-corrected chi connectivity index (χ3v) is 5.35. The lowest BCUT2D eigenvalue weighted by molar-refractivity contribution is -0.384. The molecule has 9 heteroatoms. The molecule has 0 aromatic heterocycles. The molecule has 7 nitrogen and oxygen atoms in total. The zero-order valence-corrected chi connectivity index (χ0v) is 13.5. The average molecular weight is 333 g/mol. The van der Waals surface area contributed by atoms with Crippen LogP contribution in [0, 0.1) is 10.1 Å². The number of sulfonamides is 1. The maximum atomic E-state index is 12.2. The van der Waals surface area contributed by atoms with Crippen LogP contribution in [-0.4, -0.2) is 30.9 Å². The number of nitro benzene ring substituents is 1.